The highest BCUT2D eigenvalue weighted by atomic mass is 16.5. The van der Waals surface area contributed by atoms with Crippen molar-refractivity contribution in [3.05, 3.63) is 72.9 Å². The van der Waals surface area contributed by atoms with Crippen LogP contribution in [0, 0.1) is 0 Å². The number of carboxylic acid groups (broad SMARTS) is 1. The number of aliphatic carboxylic acids is 1. The van der Waals surface area contributed by atoms with Crippen LogP contribution in [0.2, 0.25) is 0 Å². The Morgan fingerprint density at radius 1 is 0.442 bits per heavy atom. The lowest BCUT2D eigenvalue weighted by atomic mass is 10.0. The number of unbranched alkanes of at least 4 members (excludes halogenated alkanes) is 18. The van der Waals surface area contributed by atoms with Crippen LogP contribution in [0.4, 0.5) is 0 Å². The average Bonchev–Trinajstić information content (AvgIpc) is 3.13. The van der Waals surface area contributed by atoms with Gasteiger partial charge in [0.25, 0.3) is 0 Å². The summed E-state index contributed by atoms with van der Waals surface area (Å²) in [7, 11) is 0. The van der Waals surface area contributed by atoms with E-state index in [2.05, 4.69) is 86.8 Å². The van der Waals surface area contributed by atoms with Crippen LogP contribution in [0.15, 0.2) is 72.9 Å². The summed E-state index contributed by atoms with van der Waals surface area (Å²) in [4.78, 5) is 23.4. The standard InChI is InChI=1S/C48H82O4/c1-3-5-7-9-11-13-15-16-17-18-19-20-21-22-23-24-25-26-28-30-32-37-41-45-48(51)52-46(43-39-35-33-36-40-44-47(49)50)42-38-34-31-29-27-14-12-10-8-6-4-2/h5,7,11-14,16-17,19-20,29,31,46H,3-4,6,8-10,15,18,21-28,30,32-45H2,1-2H3,(H,49,50)/b7-5-,13-11-,14-12-,17-16-,20-19-,31-29-. The van der Waals surface area contributed by atoms with E-state index < -0.39 is 5.97 Å². The molecule has 0 rings (SSSR count). The van der Waals surface area contributed by atoms with Gasteiger partial charge in [0.05, 0.1) is 0 Å². The minimum Gasteiger partial charge on any atom is -0.481 e. The highest BCUT2D eigenvalue weighted by molar-refractivity contribution is 5.69. The van der Waals surface area contributed by atoms with Gasteiger partial charge < -0.3 is 9.84 Å². The van der Waals surface area contributed by atoms with Gasteiger partial charge in [0.1, 0.15) is 6.10 Å². The monoisotopic (exact) mass is 723 g/mol. The van der Waals surface area contributed by atoms with E-state index in [1.54, 1.807) is 0 Å². The van der Waals surface area contributed by atoms with Gasteiger partial charge in [0.2, 0.25) is 0 Å². The molecular formula is C48H82O4. The van der Waals surface area contributed by atoms with E-state index >= 15 is 0 Å². The molecule has 1 unspecified atom stereocenters. The fourth-order valence-electron chi connectivity index (χ4n) is 6.21. The molecule has 1 atom stereocenters. The van der Waals surface area contributed by atoms with Gasteiger partial charge in [-0.15, -0.1) is 0 Å². The summed E-state index contributed by atoms with van der Waals surface area (Å²) in [5.74, 6) is -0.736. The van der Waals surface area contributed by atoms with E-state index in [-0.39, 0.29) is 18.5 Å². The first kappa shape index (κ1) is 49.4. The second kappa shape index (κ2) is 42.8. The molecule has 0 aromatic carbocycles. The molecule has 0 amide bonds. The fraction of sp³-hybridized carbons (Fsp3) is 0.708. The lowest BCUT2D eigenvalue weighted by Crippen LogP contribution is -2.18. The van der Waals surface area contributed by atoms with E-state index in [9.17, 15) is 9.59 Å². The molecule has 0 aliphatic rings. The molecule has 0 saturated carbocycles. The van der Waals surface area contributed by atoms with Gasteiger partial charge in [0, 0.05) is 12.8 Å². The van der Waals surface area contributed by atoms with Crippen molar-refractivity contribution in [2.75, 3.05) is 0 Å². The molecule has 52 heavy (non-hydrogen) atoms. The number of hydrogen-bond acceptors (Lipinski definition) is 3. The van der Waals surface area contributed by atoms with E-state index in [4.69, 9.17) is 9.84 Å². The van der Waals surface area contributed by atoms with Gasteiger partial charge in [-0.3, -0.25) is 9.59 Å². The molecule has 0 saturated heterocycles. The molecule has 1 N–H and O–H groups in total. The molecule has 4 heteroatoms. The zero-order valence-corrected chi connectivity index (χ0v) is 34.1. The maximum absolute atomic E-state index is 12.7. The van der Waals surface area contributed by atoms with E-state index in [0.717, 1.165) is 103 Å². The largest absolute Gasteiger partial charge is 0.481 e. The number of carbonyl (C=O) groups excluding carboxylic acids is 1. The zero-order chi connectivity index (χ0) is 37.8. The van der Waals surface area contributed by atoms with Crippen LogP contribution in [-0.2, 0) is 14.3 Å². The lowest BCUT2D eigenvalue weighted by molar-refractivity contribution is -0.150. The molecule has 0 aliphatic heterocycles. The fourth-order valence-corrected chi connectivity index (χ4v) is 6.21. The predicted octanol–water partition coefficient (Wildman–Crippen LogP) is 15.5. The number of esters is 1. The second-order valence-electron chi connectivity index (χ2n) is 14.5. The second-order valence-corrected chi connectivity index (χ2v) is 14.5. The summed E-state index contributed by atoms with van der Waals surface area (Å²) in [6, 6.07) is 0. The number of carbonyl (C=O) groups is 2. The first-order chi connectivity index (χ1) is 25.6. The molecule has 298 valence electrons. The van der Waals surface area contributed by atoms with Crippen molar-refractivity contribution in [3.63, 3.8) is 0 Å². The van der Waals surface area contributed by atoms with Crippen LogP contribution in [0.25, 0.3) is 0 Å². The molecule has 0 fully saturated rings. The number of ether oxygens (including phenoxy) is 1. The Labute approximate surface area is 322 Å². The Morgan fingerprint density at radius 2 is 0.827 bits per heavy atom. The van der Waals surface area contributed by atoms with Crippen molar-refractivity contribution in [2.45, 2.75) is 219 Å². The predicted molar refractivity (Wildman–Crippen MR) is 227 cm³/mol. The molecule has 0 aromatic heterocycles. The number of carboxylic acids is 1. The Balaban J connectivity index is 3.97. The summed E-state index contributed by atoms with van der Waals surface area (Å²) >= 11 is 0. The van der Waals surface area contributed by atoms with Gasteiger partial charge in [-0.1, -0.05) is 170 Å². The molecule has 0 bridgehead atoms. The van der Waals surface area contributed by atoms with Crippen LogP contribution in [0.3, 0.4) is 0 Å². The smallest absolute Gasteiger partial charge is 0.306 e. The molecule has 0 radical (unpaired) electrons. The summed E-state index contributed by atoms with van der Waals surface area (Å²) in [5, 5.41) is 8.83. The Hall–Kier alpha value is -2.62. The molecule has 4 nitrogen and oxygen atoms in total. The summed E-state index contributed by atoms with van der Waals surface area (Å²) in [6.45, 7) is 4.41. The van der Waals surface area contributed by atoms with Crippen molar-refractivity contribution in [3.8, 4) is 0 Å². The Bertz CT molecular complexity index is 953. The van der Waals surface area contributed by atoms with Crippen LogP contribution in [0.5, 0.6) is 0 Å². The van der Waals surface area contributed by atoms with Gasteiger partial charge in [0.15, 0.2) is 0 Å². The highest BCUT2D eigenvalue weighted by Gasteiger charge is 2.14. The van der Waals surface area contributed by atoms with Gasteiger partial charge in [-0.25, -0.2) is 0 Å². The lowest BCUT2D eigenvalue weighted by Gasteiger charge is -2.18. The minimum absolute atomic E-state index is 0.00676. The van der Waals surface area contributed by atoms with E-state index in [0.29, 0.717) is 6.42 Å². The van der Waals surface area contributed by atoms with Gasteiger partial charge in [-0.05, 0) is 103 Å². The van der Waals surface area contributed by atoms with Gasteiger partial charge in [-0.2, -0.15) is 0 Å². The van der Waals surface area contributed by atoms with Crippen molar-refractivity contribution in [2.24, 2.45) is 0 Å². The average molecular weight is 723 g/mol. The van der Waals surface area contributed by atoms with Crippen molar-refractivity contribution >= 4 is 11.9 Å². The number of rotatable bonds is 39. The van der Waals surface area contributed by atoms with Crippen molar-refractivity contribution < 1.29 is 19.4 Å². The quantitative estimate of drug-likeness (QED) is 0.0390. The van der Waals surface area contributed by atoms with Crippen molar-refractivity contribution in [1.29, 1.82) is 0 Å². The zero-order valence-electron chi connectivity index (χ0n) is 34.1. The summed E-state index contributed by atoms with van der Waals surface area (Å²) in [6.07, 6.45) is 60.7. The first-order valence-electron chi connectivity index (χ1n) is 21.9. The topological polar surface area (TPSA) is 63.6 Å². The third-order valence-corrected chi connectivity index (χ3v) is 9.41. The number of hydrogen-bond donors (Lipinski definition) is 1. The Kier molecular flexibility index (Phi) is 40.6. The third-order valence-electron chi connectivity index (χ3n) is 9.41. The van der Waals surface area contributed by atoms with Crippen molar-refractivity contribution in [1.82, 2.24) is 0 Å². The molecule has 0 aliphatic carbocycles. The maximum atomic E-state index is 12.7. The molecule has 0 heterocycles. The first-order valence-corrected chi connectivity index (χ1v) is 21.9. The highest BCUT2D eigenvalue weighted by Crippen LogP contribution is 2.18. The van der Waals surface area contributed by atoms with E-state index in [1.807, 2.05) is 0 Å². The molecule has 0 spiro atoms. The Morgan fingerprint density at radius 3 is 1.33 bits per heavy atom. The minimum atomic E-state index is -0.709. The normalized spacial score (nSPS) is 13.0. The summed E-state index contributed by atoms with van der Waals surface area (Å²) < 4.78 is 5.99. The van der Waals surface area contributed by atoms with Gasteiger partial charge >= 0.3 is 11.9 Å². The maximum Gasteiger partial charge on any atom is 0.306 e. The molecule has 0 aromatic rings. The molecular weight excluding hydrogens is 641 g/mol. The van der Waals surface area contributed by atoms with Crippen LogP contribution in [-0.4, -0.2) is 23.1 Å². The van der Waals surface area contributed by atoms with Crippen LogP contribution in [0.1, 0.15) is 213 Å². The van der Waals surface area contributed by atoms with Crippen LogP contribution < -0.4 is 0 Å². The van der Waals surface area contributed by atoms with E-state index in [1.165, 1.54) is 83.5 Å². The van der Waals surface area contributed by atoms with Crippen LogP contribution >= 0.6 is 0 Å². The number of allylic oxidation sites excluding steroid dienone is 12. The SMILES string of the molecule is CC/C=C\C/C=C\C/C=C\C/C=C\CCCCCCCCCCCCC(=O)OC(CCC/C=C\C/C=C\CCCCC)CCCCCCCC(=O)O. The summed E-state index contributed by atoms with van der Waals surface area (Å²) in [5.41, 5.74) is 0. The third kappa shape index (κ3) is 41.8.